The van der Waals surface area contributed by atoms with E-state index in [1.165, 1.54) is 30.3 Å². The average Bonchev–Trinajstić information content (AvgIpc) is 1.62. The van der Waals surface area contributed by atoms with Crippen LogP contribution in [-0.4, -0.2) is 17.2 Å². The Morgan fingerprint density at radius 2 is 0.931 bits per heavy atom. The molecule has 0 aliphatic carbocycles. The third kappa shape index (κ3) is 4.70. The Balaban J connectivity index is 1.45. The van der Waals surface area contributed by atoms with E-state index < -0.39 is 277 Å². The van der Waals surface area contributed by atoms with Gasteiger partial charge in [0.05, 0.1) is 74.9 Å². The Bertz CT molecular complexity index is 5140. The van der Waals surface area contributed by atoms with Crippen LogP contribution < -0.4 is 20.7 Å². The first-order valence-corrected chi connectivity index (χ1v) is 20.2. The standard InChI is InChI=1S/C54H36N2SSi/c1-4-20-38(21-5-1)58(39-22-6-2-7-23-39,40-24-8-3-9-25-40)41-26-18-19-37(35-41)55-47-31-14-12-29-44(47)46-36-50(54-52(53(46)55)45-30-13-17-34-51(45)57-54)56-48-32-15-10-27-42(48)43-28-11-16-33-49(43)56/h1-36H/i1D,2D,4D,5D,6D,7D,10D,11D,12D,13D,14D,15D,16D,17D,18D,19D,20D,21D,22D,23D,26D,27D,28D,29D,30D,31D,32D,33D,34D,35D,36D. The normalized spacial score (nSPS) is 19.6. The van der Waals surface area contributed by atoms with Crippen LogP contribution >= 0.6 is 11.3 Å². The number of hydrogen-bond acceptors (Lipinski definition) is 1. The number of para-hydroxylation sites is 3. The van der Waals surface area contributed by atoms with Gasteiger partial charge in [-0.05, 0) is 63.0 Å². The lowest BCUT2D eigenvalue weighted by molar-refractivity contribution is 1.18. The molecule has 0 N–H and O–H groups in total. The van der Waals surface area contributed by atoms with Crippen LogP contribution in [0.5, 0.6) is 0 Å². The molecular weight excluding hydrogens is 737 g/mol. The van der Waals surface area contributed by atoms with Crippen molar-refractivity contribution in [3.05, 3.63) is 218 Å². The second kappa shape index (κ2) is 13.0. The third-order valence-corrected chi connectivity index (χ3v) is 15.4. The van der Waals surface area contributed by atoms with Crippen molar-refractivity contribution >= 4 is 104 Å². The first-order valence-electron chi connectivity index (χ1n) is 32.9. The lowest BCUT2D eigenvalue weighted by atomic mass is 10.1. The maximum atomic E-state index is 10.8. The summed E-state index contributed by atoms with van der Waals surface area (Å²) < 4.78 is 291. The van der Waals surface area contributed by atoms with Crippen molar-refractivity contribution in [1.29, 1.82) is 0 Å². The number of nitrogens with zero attached hydrogens (tertiary/aromatic N) is 2. The molecule has 0 spiro atoms. The molecule has 0 bridgehead atoms. The number of benzene rings is 9. The van der Waals surface area contributed by atoms with Crippen LogP contribution in [0.1, 0.15) is 42.5 Å². The molecule has 0 aliphatic heterocycles. The van der Waals surface area contributed by atoms with Gasteiger partial charge < -0.3 is 9.13 Å². The smallest absolute Gasteiger partial charge is 0.179 e. The van der Waals surface area contributed by atoms with Crippen LogP contribution in [0, 0.1) is 0 Å². The Kier molecular flexibility index (Phi) is 3.32. The van der Waals surface area contributed by atoms with E-state index in [0.29, 0.717) is 11.3 Å². The van der Waals surface area contributed by atoms with Crippen LogP contribution in [-0.2, 0) is 0 Å². The van der Waals surface area contributed by atoms with Gasteiger partial charge in [0.1, 0.15) is 0 Å². The predicted molar refractivity (Wildman–Crippen MR) is 252 cm³/mol. The third-order valence-electron chi connectivity index (χ3n) is 10.1. The van der Waals surface area contributed by atoms with Crippen molar-refractivity contribution in [3.8, 4) is 11.4 Å². The highest BCUT2D eigenvalue weighted by atomic mass is 32.1. The predicted octanol–water partition coefficient (Wildman–Crippen LogP) is 11.6. The van der Waals surface area contributed by atoms with Crippen LogP contribution in [0.2, 0.25) is 0 Å². The van der Waals surface area contributed by atoms with Gasteiger partial charge in [-0.2, -0.15) is 0 Å². The van der Waals surface area contributed by atoms with Crippen LogP contribution in [0.15, 0.2) is 218 Å². The largest absolute Gasteiger partial charge is 0.309 e. The zero-order valence-electron chi connectivity index (χ0n) is 60.2. The second-order valence-corrected chi connectivity index (χ2v) is 17.5. The minimum Gasteiger partial charge on any atom is -0.309 e. The quantitative estimate of drug-likeness (QED) is 0.117. The first-order chi connectivity index (χ1) is 41.7. The van der Waals surface area contributed by atoms with E-state index in [2.05, 4.69) is 0 Å². The monoisotopic (exact) mass is 803 g/mol. The van der Waals surface area contributed by atoms with E-state index in [4.69, 9.17) is 19.2 Å². The molecule has 0 unspecified atom stereocenters. The molecule has 0 radical (unpaired) electrons. The Hall–Kier alpha value is -6.98. The summed E-state index contributed by atoms with van der Waals surface area (Å²) in [4.78, 5) is 0. The summed E-state index contributed by atoms with van der Waals surface area (Å²) in [7, 11) is -5.78. The summed E-state index contributed by atoms with van der Waals surface area (Å²) >= 11 is 0.531. The van der Waals surface area contributed by atoms with Crippen molar-refractivity contribution in [2.75, 3.05) is 0 Å². The van der Waals surface area contributed by atoms with Crippen molar-refractivity contribution in [2.24, 2.45) is 0 Å². The fourth-order valence-electron chi connectivity index (χ4n) is 7.77. The number of fused-ring (bicyclic) bond motifs is 10. The van der Waals surface area contributed by atoms with Crippen LogP contribution in [0.4, 0.5) is 0 Å². The molecule has 272 valence electrons. The first kappa shape index (κ1) is 14.8. The molecule has 12 rings (SSSR count). The van der Waals surface area contributed by atoms with Gasteiger partial charge in [0, 0.05) is 42.7 Å². The van der Waals surface area contributed by atoms with Crippen molar-refractivity contribution in [1.82, 2.24) is 9.13 Å². The van der Waals surface area contributed by atoms with Gasteiger partial charge in [0.15, 0.2) is 8.07 Å². The fraction of sp³-hybridized carbons (Fsp3) is 0. The van der Waals surface area contributed by atoms with E-state index in [1.807, 2.05) is 0 Å². The summed E-state index contributed by atoms with van der Waals surface area (Å²) in [6.07, 6.45) is 0. The fourth-order valence-corrected chi connectivity index (χ4v) is 12.7. The molecule has 4 heteroatoms. The van der Waals surface area contributed by atoms with E-state index in [0.717, 1.165) is 9.13 Å². The lowest BCUT2D eigenvalue weighted by Crippen LogP contribution is -2.74. The van der Waals surface area contributed by atoms with Crippen molar-refractivity contribution in [3.63, 3.8) is 0 Å². The zero-order valence-corrected chi connectivity index (χ0v) is 31.0. The maximum Gasteiger partial charge on any atom is 0.179 e. The summed E-state index contributed by atoms with van der Waals surface area (Å²) in [5.74, 6) is 0. The second-order valence-electron chi connectivity index (χ2n) is 12.9. The molecule has 58 heavy (non-hydrogen) atoms. The molecule has 0 saturated heterocycles. The molecular formula is C54H36N2SSi. The molecule has 0 fully saturated rings. The van der Waals surface area contributed by atoms with Gasteiger partial charge >= 0.3 is 0 Å². The van der Waals surface area contributed by atoms with E-state index in [-0.39, 0.29) is 14.6 Å². The molecule has 0 amide bonds. The minimum absolute atomic E-state index is 0.214. The molecule has 12 aromatic rings. The van der Waals surface area contributed by atoms with Gasteiger partial charge in [-0.3, -0.25) is 0 Å². The van der Waals surface area contributed by atoms with Gasteiger partial charge in [0.2, 0.25) is 0 Å². The average molecular weight is 804 g/mol. The van der Waals surface area contributed by atoms with E-state index >= 15 is 0 Å². The zero-order chi connectivity index (χ0) is 65.2. The lowest BCUT2D eigenvalue weighted by Gasteiger charge is -2.34. The van der Waals surface area contributed by atoms with Crippen molar-refractivity contribution in [2.45, 2.75) is 0 Å². The Morgan fingerprint density at radius 1 is 0.414 bits per heavy atom. The number of hydrogen-bond donors (Lipinski definition) is 0. The van der Waals surface area contributed by atoms with E-state index in [1.54, 1.807) is 0 Å². The highest BCUT2D eigenvalue weighted by Gasteiger charge is 2.41. The highest BCUT2D eigenvalue weighted by molar-refractivity contribution is 7.26. The topological polar surface area (TPSA) is 9.86 Å². The number of rotatable bonds is 6. The Labute approximate surface area is 384 Å². The molecule has 2 nitrogen and oxygen atoms in total. The van der Waals surface area contributed by atoms with E-state index in [9.17, 15) is 23.3 Å². The molecule has 9 aromatic carbocycles. The summed E-state index contributed by atoms with van der Waals surface area (Å²) in [5, 5.41) is -5.84. The maximum absolute atomic E-state index is 10.8. The highest BCUT2D eigenvalue weighted by Crippen LogP contribution is 2.47. The molecule has 0 aliphatic rings. The SMILES string of the molecule is [2H]c1c([2H])c([2H])c([Si](c2ccccc2)(c2c([2H])c([2H])c([2H])c([2H])c2[2H])c2c([2H])c([2H])c([2H])c(-n3c4c([2H])c([2H])c([2H])c([2H])c4c4c([2H])c(-n5c6c([2H])c([2H])c([2H])c([2H])c6c6c([2H])c([2H])c([2H])c([2H])c65)c5sc6c([2H])c([2H])c([2H])c([2H])c6c5c43)c2[2H])c([2H])c1[2H]. The summed E-state index contributed by atoms with van der Waals surface area (Å²) in [6.45, 7) is 0. The van der Waals surface area contributed by atoms with Gasteiger partial charge in [-0.15, -0.1) is 11.3 Å². The van der Waals surface area contributed by atoms with Gasteiger partial charge in [0.25, 0.3) is 0 Å². The molecule has 0 atom stereocenters. The number of thiophene rings is 1. The number of aromatic nitrogens is 2. The molecule has 3 aromatic heterocycles. The van der Waals surface area contributed by atoms with Crippen LogP contribution in [0.3, 0.4) is 0 Å². The van der Waals surface area contributed by atoms with Gasteiger partial charge in [-0.25, -0.2) is 0 Å². The Morgan fingerprint density at radius 3 is 1.57 bits per heavy atom. The summed E-state index contributed by atoms with van der Waals surface area (Å²) in [6, 6.07) is -22.8. The van der Waals surface area contributed by atoms with Gasteiger partial charge in [-0.1, -0.05) is 175 Å². The van der Waals surface area contributed by atoms with Crippen molar-refractivity contribution < 1.29 is 42.5 Å². The molecule has 0 saturated carbocycles. The minimum atomic E-state index is -5.78. The summed E-state index contributed by atoms with van der Waals surface area (Å²) in [5.41, 5.74) is -4.01. The molecule has 3 heterocycles. The van der Waals surface area contributed by atoms with Crippen LogP contribution in [0.25, 0.3) is 75.2 Å².